The lowest BCUT2D eigenvalue weighted by atomic mass is 9.62. The summed E-state index contributed by atoms with van der Waals surface area (Å²) in [5.41, 5.74) is 0.481. The second-order valence-electron chi connectivity index (χ2n) is 10.8. The molecule has 2 heteroatoms. The molecule has 0 N–H and O–H groups in total. The average molecular weight is 349 g/mol. The molecule has 3 rings (SSSR count). The van der Waals surface area contributed by atoms with Crippen molar-refractivity contribution in [3.05, 3.63) is 0 Å². The molecule has 6 unspecified atom stereocenters. The largest absolute Gasteiger partial charge is 0.302 e. The van der Waals surface area contributed by atoms with E-state index in [1.165, 1.54) is 51.7 Å². The van der Waals surface area contributed by atoms with Gasteiger partial charge in [0, 0.05) is 31.7 Å². The fourth-order valence-electron chi connectivity index (χ4n) is 7.08. The molecule has 3 heterocycles. The van der Waals surface area contributed by atoms with Crippen molar-refractivity contribution in [2.45, 2.75) is 85.7 Å². The molecule has 0 aliphatic carbocycles. The van der Waals surface area contributed by atoms with Gasteiger partial charge in [0.05, 0.1) is 0 Å². The van der Waals surface area contributed by atoms with Crippen LogP contribution < -0.4 is 0 Å². The lowest BCUT2D eigenvalue weighted by molar-refractivity contribution is -0.0903. The smallest absolute Gasteiger partial charge is 0.0179 e. The van der Waals surface area contributed by atoms with Crippen molar-refractivity contribution < 1.29 is 0 Å². The first kappa shape index (κ1) is 19.7. The normalized spacial score (nSPS) is 41.8. The van der Waals surface area contributed by atoms with Crippen molar-refractivity contribution in [1.82, 2.24) is 9.80 Å². The number of hydrogen-bond donors (Lipinski definition) is 0. The van der Waals surface area contributed by atoms with Crippen LogP contribution in [0.5, 0.6) is 0 Å². The van der Waals surface area contributed by atoms with Crippen molar-refractivity contribution in [3.8, 4) is 0 Å². The van der Waals surface area contributed by atoms with Crippen LogP contribution in [0.25, 0.3) is 0 Å². The Morgan fingerprint density at radius 3 is 2.36 bits per heavy atom. The zero-order valence-corrected chi connectivity index (χ0v) is 18.1. The number of nitrogens with zero attached hydrogens (tertiary/aromatic N) is 2. The molecular weight excluding hydrogens is 304 g/mol. The molecule has 25 heavy (non-hydrogen) atoms. The zero-order chi connectivity index (χ0) is 18.4. The molecule has 6 atom stereocenters. The summed E-state index contributed by atoms with van der Waals surface area (Å²) in [6.45, 7) is 19.1. The highest BCUT2D eigenvalue weighted by Gasteiger charge is 2.54. The molecule has 0 spiro atoms. The van der Waals surface area contributed by atoms with Gasteiger partial charge >= 0.3 is 0 Å². The van der Waals surface area contributed by atoms with Crippen molar-refractivity contribution in [2.75, 3.05) is 26.7 Å². The van der Waals surface area contributed by atoms with Crippen LogP contribution in [-0.4, -0.2) is 48.6 Å². The second-order valence-corrected chi connectivity index (χ2v) is 10.8. The predicted octanol–water partition coefficient (Wildman–Crippen LogP) is 5.14. The topological polar surface area (TPSA) is 6.48 Å². The van der Waals surface area contributed by atoms with Gasteiger partial charge in [-0.15, -0.1) is 0 Å². The Morgan fingerprint density at radius 2 is 1.76 bits per heavy atom. The van der Waals surface area contributed by atoms with E-state index < -0.39 is 0 Å². The number of rotatable bonds is 5. The van der Waals surface area contributed by atoms with Crippen molar-refractivity contribution in [1.29, 1.82) is 0 Å². The highest BCUT2D eigenvalue weighted by Crippen LogP contribution is 2.51. The molecule has 3 saturated heterocycles. The van der Waals surface area contributed by atoms with Gasteiger partial charge in [0.1, 0.15) is 0 Å². The highest BCUT2D eigenvalue weighted by molar-refractivity contribution is 5.07. The summed E-state index contributed by atoms with van der Waals surface area (Å²) in [5.74, 6) is 4.22. The van der Waals surface area contributed by atoms with Crippen LogP contribution in [0.1, 0.15) is 73.6 Å². The van der Waals surface area contributed by atoms with Crippen LogP contribution in [0.3, 0.4) is 0 Å². The molecule has 3 aliphatic rings. The molecule has 0 aromatic carbocycles. The second kappa shape index (κ2) is 7.50. The van der Waals surface area contributed by atoms with E-state index in [1.54, 1.807) is 0 Å². The fraction of sp³-hybridized carbons (Fsp3) is 1.00. The number of fused-ring (bicyclic) bond motifs is 4. The Balaban J connectivity index is 1.98. The fourth-order valence-corrected chi connectivity index (χ4v) is 7.08. The van der Waals surface area contributed by atoms with E-state index in [4.69, 9.17) is 0 Å². The first-order valence-electron chi connectivity index (χ1n) is 11.2. The lowest BCUT2D eigenvalue weighted by Crippen LogP contribution is -2.66. The first-order valence-corrected chi connectivity index (χ1v) is 11.2. The van der Waals surface area contributed by atoms with E-state index in [0.717, 1.165) is 41.7 Å². The SMILES string of the molecule is CCCCCC1C2C(C(C)C)C3C(C)CN3CC(CN2C)CC1(C)C. The molecule has 0 radical (unpaired) electrons. The van der Waals surface area contributed by atoms with E-state index in [9.17, 15) is 0 Å². The maximum atomic E-state index is 2.88. The van der Waals surface area contributed by atoms with Gasteiger partial charge in [0.2, 0.25) is 0 Å². The van der Waals surface area contributed by atoms with E-state index in [-0.39, 0.29) is 0 Å². The molecule has 3 aliphatic heterocycles. The van der Waals surface area contributed by atoms with Crippen molar-refractivity contribution in [2.24, 2.45) is 35.0 Å². The van der Waals surface area contributed by atoms with Crippen molar-refractivity contribution >= 4 is 0 Å². The summed E-state index contributed by atoms with van der Waals surface area (Å²) in [7, 11) is 2.46. The van der Waals surface area contributed by atoms with Gasteiger partial charge in [-0.3, -0.25) is 4.90 Å². The molecule has 0 amide bonds. The molecule has 2 nitrogen and oxygen atoms in total. The summed E-state index contributed by atoms with van der Waals surface area (Å²) < 4.78 is 0. The van der Waals surface area contributed by atoms with E-state index >= 15 is 0 Å². The van der Waals surface area contributed by atoms with Crippen LogP contribution in [0.4, 0.5) is 0 Å². The third-order valence-electron chi connectivity index (χ3n) is 7.98. The van der Waals surface area contributed by atoms with E-state index in [2.05, 4.69) is 58.4 Å². The van der Waals surface area contributed by atoms with Gasteiger partial charge in [0.25, 0.3) is 0 Å². The summed E-state index contributed by atoms with van der Waals surface area (Å²) in [4.78, 5) is 5.70. The molecule has 0 aromatic heterocycles. The Labute approximate surface area is 157 Å². The average Bonchev–Trinajstić information content (AvgIpc) is 2.56. The summed E-state index contributed by atoms with van der Waals surface area (Å²) >= 11 is 0. The first-order chi connectivity index (χ1) is 11.8. The molecule has 0 aromatic rings. The molecule has 146 valence electrons. The number of hydrogen-bond acceptors (Lipinski definition) is 2. The quantitative estimate of drug-likeness (QED) is 0.635. The zero-order valence-electron chi connectivity index (χ0n) is 18.1. The summed E-state index contributed by atoms with van der Waals surface area (Å²) in [6, 6.07) is 1.60. The molecular formula is C23H44N2. The minimum Gasteiger partial charge on any atom is -0.302 e. The van der Waals surface area contributed by atoms with Gasteiger partial charge in [-0.25, -0.2) is 0 Å². The van der Waals surface area contributed by atoms with Gasteiger partial charge in [-0.1, -0.05) is 60.8 Å². The van der Waals surface area contributed by atoms with Crippen LogP contribution in [0.2, 0.25) is 0 Å². The molecule has 3 fully saturated rings. The Morgan fingerprint density at radius 1 is 1.04 bits per heavy atom. The third kappa shape index (κ3) is 3.68. The van der Waals surface area contributed by atoms with Crippen LogP contribution >= 0.6 is 0 Å². The van der Waals surface area contributed by atoms with Gasteiger partial charge in [-0.2, -0.15) is 0 Å². The summed E-state index contributed by atoms with van der Waals surface area (Å²) in [5, 5.41) is 0. The monoisotopic (exact) mass is 348 g/mol. The predicted molar refractivity (Wildman–Crippen MR) is 109 cm³/mol. The highest BCUT2D eigenvalue weighted by atomic mass is 15.3. The minimum absolute atomic E-state index is 0.481. The van der Waals surface area contributed by atoms with Gasteiger partial charge in [-0.05, 0) is 54.9 Å². The Bertz CT molecular complexity index is 443. The van der Waals surface area contributed by atoms with Crippen LogP contribution in [0, 0.1) is 35.0 Å². The molecule has 0 saturated carbocycles. The van der Waals surface area contributed by atoms with Crippen LogP contribution in [0.15, 0.2) is 0 Å². The maximum absolute atomic E-state index is 2.88. The number of unbranched alkanes of at least 4 members (excludes halogenated alkanes) is 2. The minimum atomic E-state index is 0.481. The van der Waals surface area contributed by atoms with Crippen LogP contribution in [-0.2, 0) is 0 Å². The van der Waals surface area contributed by atoms with E-state index in [1.807, 2.05) is 0 Å². The molecule has 2 bridgehead atoms. The van der Waals surface area contributed by atoms with Gasteiger partial charge in [0.15, 0.2) is 0 Å². The maximum Gasteiger partial charge on any atom is 0.0179 e. The van der Waals surface area contributed by atoms with Gasteiger partial charge < -0.3 is 4.90 Å². The van der Waals surface area contributed by atoms with Crippen molar-refractivity contribution in [3.63, 3.8) is 0 Å². The standard InChI is InChI=1S/C23H44N2/c1-8-9-10-11-19-22-20(16(2)3)21-17(4)13-25(21)15-18(14-24(22)7)12-23(19,5)6/h16-22H,8-15H2,1-7H3. The summed E-state index contributed by atoms with van der Waals surface area (Å²) in [6.07, 6.45) is 7.04. The lowest BCUT2D eigenvalue weighted by Gasteiger charge is -2.58. The van der Waals surface area contributed by atoms with E-state index in [0.29, 0.717) is 5.41 Å². The Kier molecular flexibility index (Phi) is 5.91. The Hall–Kier alpha value is -0.0800. The third-order valence-corrected chi connectivity index (χ3v) is 7.98.